The lowest BCUT2D eigenvalue weighted by Crippen LogP contribution is -2.34. The van der Waals surface area contributed by atoms with Gasteiger partial charge in [-0.1, -0.05) is 18.2 Å². The van der Waals surface area contributed by atoms with Gasteiger partial charge in [0.2, 0.25) is 5.91 Å². The van der Waals surface area contributed by atoms with E-state index in [1.165, 1.54) is 6.92 Å². The molecule has 21 heavy (non-hydrogen) atoms. The van der Waals surface area contributed by atoms with Crippen molar-refractivity contribution in [2.45, 2.75) is 19.1 Å². The van der Waals surface area contributed by atoms with Crippen LogP contribution in [-0.2, 0) is 4.79 Å². The van der Waals surface area contributed by atoms with E-state index in [1.54, 1.807) is 13.2 Å². The maximum Gasteiger partial charge on any atom is 0.216 e. The highest BCUT2D eigenvalue weighted by molar-refractivity contribution is 5.84. The van der Waals surface area contributed by atoms with Gasteiger partial charge in [-0.25, -0.2) is 0 Å². The molecular formula is C16H19NO4. The van der Waals surface area contributed by atoms with Crippen LogP contribution in [0.3, 0.4) is 0 Å². The van der Waals surface area contributed by atoms with Gasteiger partial charge in [0.05, 0.1) is 7.11 Å². The SMILES string of the molecule is COc1ccc2cc(C(O)C(O)CNC(C)=O)ccc2c1. The van der Waals surface area contributed by atoms with Gasteiger partial charge >= 0.3 is 0 Å². The van der Waals surface area contributed by atoms with Gasteiger partial charge in [0, 0.05) is 13.5 Å². The number of aliphatic hydroxyl groups excluding tert-OH is 2. The number of rotatable bonds is 5. The molecule has 0 spiro atoms. The van der Waals surface area contributed by atoms with Gasteiger partial charge in [-0.05, 0) is 34.5 Å². The van der Waals surface area contributed by atoms with Gasteiger partial charge in [0.1, 0.15) is 18.0 Å². The molecule has 2 aromatic rings. The summed E-state index contributed by atoms with van der Waals surface area (Å²) in [5, 5.41) is 24.4. The molecule has 2 aromatic carbocycles. The molecule has 0 heterocycles. The van der Waals surface area contributed by atoms with E-state index >= 15 is 0 Å². The zero-order valence-corrected chi connectivity index (χ0v) is 12.0. The highest BCUT2D eigenvalue weighted by atomic mass is 16.5. The summed E-state index contributed by atoms with van der Waals surface area (Å²) >= 11 is 0. The van der Waals surface area contributed by atoms with Crippen molar-refractivity contribution in [2.24, 2.45) is 0 Å². The number of carbonyl (C=O) groups excluding carboxylic acids is 1. The van der Waals surface area contributed by atoms with Gasteiger partial charge in [0.15, 0.2) is 0 Å². The Labute approximate surface area is 123 Å². The first-order chi connectivity index (χ1) is 10.0. The first-order valence-corrected chi connectivity index (χ1v) is 6.69. The Kier molecular flexibility index (Phi) is 4.77. The zero-order chi connectivity index (χ0) is 15.4. The largest absolute Gasteiger partial charge is 0.497 e. The summed E-state index contributed by atoms with van der Waals surface area (Å²) in [5.74, 6) is 0.522. The molecule has 2 atom stereocenters. The zero-order valence-electron chi connectivity index (χ0n) is 12.0. The standard InChI is InChI=1S/C16H19NO4/c1-10(18)17-9-15(19)16(20)13-4-3-12-8-14(21-2)6-5-11(12)7-13/h3-8,15-16,19-20H,9H2,1-2H3,(H,17,18). The molecule has 0 fully saturated rings. The molecule has 2 unspecified atom stereocenters. The van der Waals surface area contributed by atoms with Crippen molar-refractivity contribution in [1.82, 2.24) is 5.32 Å². The summed E-state index contributed by atoms with van der Waals surface area (Å²) in [7, 11) is 1.61. The Morgan fingerprint density at radius 2 is 1.86 bits per heavy atom. The van der Waals surface area contributed by atoms with Crippen LogP contribution in [0.25, 0.3) is 10.8 Å². The van der Waals surface area contributed by atoms with Crippen LogP contribution in [0.15, 0.2) is 36.4 Å². The van der Waals surface area contributed by atoms with Gasteiger partial charge in [-0.2, -0.15) is 0 Å². The number of nitrogens with one attached hydrogen (secondary N) is 1. The second-order valence-corrected chi connectivity index (χ2v) is 4.92. The summed E-state index contributed by atoms with van der Waals surface area (Å²) < 4.78 is 5.16. The number of ether oxygens (including phenoxy) is 1. The molecule has 1 amide bonds. The highest BCUT2D eigenvalue weighted by Crippen LogP contribution is 2.25. The van der Waals surface area contributed by atoms with E-state index < -0.39 is 12.2 Å². The Morgan fingerprint density at radius 1 is 1.19 bits per heavy atom. The van der Waals surface area contributed by atoms with Crippen molar-refractivity contribution in [1.29, 1.82) is 0 Å². The van der Waals surface area contributed by atoms with Crippen molar-refractivity contribution in [3.8, 4) is 5.75 Å². The minimum atomic E-state index is -1.05. The van der Waals surface area contributed by atoms with Crippen LogP contribution in [0.2, 0.25) is 0 Å². The Bertz CT molecular complexity index is 641. The maximum absolute atomic E-state index is 10.8. The van der Waals surface area contributed by atoms with Crippen molar-refractivity contribution < 1.29 is 19.7 Å². The van der Waals surface area contributed by atoms with Gasteiger partial charge in [0.25, 0.3) is 0 Å². The smallest absolute Gasteiger partial charge is 0.216 e. The maximum atomic E-state index is 10.8. The van der Waals surface area contributed by atoms with Crippen molar-refractivity contribution in [2.75, 3.05) is 13.7 Å². The number of amides is 1. The predicted octanol–water partition coefficient (Wildman–Crippen LogP) is 1.38. The van der Waals surface area contributed by atoms with Gasteiger partial charge in [-0.3, -0.25) is 4.79 Å². The second kappa shape index (κ2) is 6.56. The molecule has 5 heteroatoms. The lowest BCUT2D eigenvalue weighted by Gasteiger charge is -2.18. The first kappa shape index (κ1) is 15.3. The van der Waals surface area contributed by atoms with E-state index in [1.807, 2.05) is 30.3 Å². The lowest BCUT2D eigenvalue weighted by molar-refractivity contribution is -0.119. The second-order valence-electron chi connectivity index (χ2n) is 4.92. The summed E-state index contributed by atoms with van der Waals surface area (Å²) in [6, 6.07) is 11.1. The fourth-order valence-electron chi connectivity index (χ4n) is 2.14. The Morgan fingerprint density at radius 3 is 2.52 bits per heavy atom. The van der Waals surface area contributed by atoms with Crippen LogP contribution in [0, 0.1) is 0 Å². The third-order valence-electron chi connectivity index (χ3n) is 3.34. The number of fused-ring (bicyclic) bond motifs is 1. The molecule has 0 radical (unpaired) electrons. The molecular weight excluding hydrogens is 270 g/mol. The third-order valence-corrected chi connectivity index (χ3v) is 3.34. The quantitative estimate of drug-likeness (QED) is 0.777. The average molecular weight is 289 g/mol. The molecule has 0 saturated heterocycles. The molecule has 0 aromatic heterocycles. The molecule has 0 saturated carbocycles. The van der Waals surface area contributed by atoms with E-state index in [0.29, 0.717) is 5.56 Å². The number of hydrogen-bond donors (Lipinski definition) is 3. The van der Waals surface area contributed by atoms with Crippen molar-refractivity contribution in [3.63, 3.8) is 0 Å². The number of methoxy groups -OCH3 is 1. The summed E-state index contributed by atoms with van der Waals surface area (Å²) in [6.45, 7) is 1.37. The monoisotopic (exact) mass is 289 g/mol. The minimum Gasteiger partial charge on any atom is -0.497 e. The predicted molar refractivity (Wildman–Crippen MR) is 80.2 cm³/mol. The molecule has 0 bridgehead atoms. The fourth-order valence-corrected chi connectivity index (χ4v) is 2.14. The normalized spacial score (nSPS) is 13.7. The molecule has 5 nitrogen and oxygen atoms in total. The third kappa shape index (κ3) is 3.71. The van der Waals surface area contributed by atoms with E-state index in [2.05, 4.69) is 5.32 Å². The summed E-state index contributed by atoms with van der Waals surface area (Å²) in [4.78, 5) is 10.8. The fraction of sp³-hybridized carbons (Fsp3) is 0.312. The number of aliphatic hydroxyl groups is 2. The molecule has 3 N–H and O–H groups in total. The average Bonchev–Trinajstić information content (AvgIpc) is 2.50. The van der Waals surface area contributed by atoms with Gasteiger partial charge < -0.3 is 20.3 Å². The lowest BCUT2D eigenvalue weighted by atomic mass is 10.00. The molecule has 112 valence electrons. The number of benzene rings is 2. The first-order valence-electron chi connectivity index (χ1n) is 6.69. The summed E-state index contributed by atoms with van der Waals surface area (Å²) in [5.41, 5.74) is 0.602. The number of carbonyl (C=O) groups is 1. The highest BCUT2D eigenvalue weighted by Gasteiger charge is 2.18. The van der Waals surface area contributed by atoms with E-state index in [4.69, 9.17) is 4.74 Å². The van der Waals surface area contributed by atoms with Crippen molar-refractivity contribution >= 4 is 16.7 Å². The molecule has 0 aliphatic carbocycles. The molecule has 0 aliphatic heterocycles. The van der Waals surface area contributed by atoms with Gasteiger partial charge in [-0.15, -0.1) is 0 Å². The van der Waals surface area contributed by atoms with Crippen LogP contribution in [-0.4, -0.2) is 35.9 Å². The Hall–Kier alpha value is -2.11. The van der Waals surface area contributed by atoms with Crippen LogP contribution < -0.4 is 10.1 Å². The topological polar surface area (TPSA) is 78.8 Å². The molecule has 0 aliphatic rings. The summed E-state index contributed by atoms with van der Waals surface area (Å²) in [6.07, 6.45) is -2.10. The van der Waals surface area contributed by atoms with Crippen LogP contribution in [0.4, 0.5) is 0 Å². The van der Waals surface area contributed by atoms with E-state index in [-0.39, 0.29) is 12.5 Å². The van der Waals surface area contributed by atoms with E-state index in [0.717, 1.165) is 16.5 Å². The minimum absolute atomic E-state index is 0.0111. The van der Waals surface area contributed by atoms with Crippen LogP contribution in [0.5, 0.6) is 5.75 Å². The van der Waals surface area contributed by atoms with E-state index in [9.17, 15) is 15.0 Å². The van der Waals surface area contributed by atoms with Crippen molar-refractivity contribution in [3.05, 3.63) is 42.0 Å². The van der Waals surface area contributed by atoms with Crippen LogP contribution >= 0.6 is 0 Å². The van der Waals surface area contributed by atoms with Crippen LogP contribution in [0.1, 0.15) is 18.6 Å². The molecule has 2 rings (SSSR count). The number of hydrogen-bond acceptors (Lipinski definition) is 4. The Balaban J connectivity index is 2.19.